The predicted molar refractivity (Wildman–Crippen MR) is 84.2 cm³/mol. The van der Waals surface area contributed by atoms with Crippen molar-refractivity contribution < 1.29 is 8.42 Å². The molecule has 20 heavy (non-hydrogen) atoms. The van der Waals surface area contributed by atoms with Gasteiger partial charge in [0.15, 0.2) is 0 Å². The lowest BCUT2D eigenvalue weighted by molar-refractivity contribution is 0.182. The Morgan fingerprint density at radius 2 is 1.80 bits per heavy atom. The van der Waals surface area contributed by atoms with Crippen LogP contribution >= 0.6 is 11.8 Å². The maximum absolute atomic E-state index is 11.7. The highest BCUT2D eigenvalue weighted by atomic mass is 32.2. The van der Waals surface area contributed by atoms with Crippen LogP contribution in [0.15, 0.2) is 41.1 Å². The van der Waals surface area contributed by atoms with Crippen LogP contribution in [0.4, 0.5) is 0 Å². The molecule has 1 fully saturated rings. The van der Waals surface area contributed by atoms with Crippen molar-refractivity contribution >= 4 is 21.8 Å². The quantitative estimate of drug-likeness (QED) is 0.780. The Labute approximate surface area is 125 Å². The van der Waals surface area contributed by atoms with E-state index in [0.717, 1.165) is 25.0 Å². The van der Waals surface area contributed by atoms with Gasteiger partial charge in [-0.3, -0.25) is 4.90 Å². The zero-order valence-corrected chi connectivity index (χ0v) is 13.3. The van der Waals surface area contributed by atoms with E-state index >= 15 is 0 Å². The van der Waals surface area contributed by atoms with Gasteiger partial charge in [-0.05, 0) is 24.0 Å². The smallest absolute Gasteiger partial charge is 0.235 e. The highest BCUT2D eigenvalue weighted by Gasteiger charge is 2.24. The van der Waals surface area contributed by atoms with Crippen molar-refractivity contribution in [1.29, 1.82) is 0 Å². The zero-order chi connectivity index (χ0) is 14.6. The van der Waals surface area contributed by atoms with E-state index in [2.05, 4.69) is 42.0 Å². The molecule has 0 spiro atoms. The molecule has 0 saturated carbocycles. The molecule has 1 saturated heterocycles. The summed E-state index contributed by atoms with van der Waals surface area (Å²) >= 11 is 1.73. The summed E-state index contributed by atoms with van der Waals surface area (Å²) in [6.07, 6.45) is 2.06. The molecule has 1 aromatic carbocycles. The minimum absolute atomic E-state index is 0.539. The first-order valence-corrected chi connectivity index (χ1v) is 9.26. The van der Waals surface area contributed by atoms with Crippen LogP contribution in [0.25, 0.3) is 0 Å². The van der Waals surface area contributed by atoms with Crippen LogP contribution < -0.4 is 0 Å². The van der Waals surface area contributed by atoms with E-state index in [9.17, 15) is 8.42 Å². The fourth-order valence-electron chi connectivity index (χ4n) is 2.24. The molecule has 0 bridgehead atoms. The highest BCUT2D eigenvalue weighted by molar-refractivity contribution is 7.98. The number of piperazine rings is 1. The second kappa shape index (κ2) is 6.76. The summed E-state index contributed by atoms with van der Waals surface area (Å²) in [6, 6.07) is 8.52. The molecule has 0 radical (unpaired) electrons. The Bertz CT molecular complexity index is 547. The third-order valence-electron chi connectivity index (χ3n) is 3.47. The fraction of sp³-hybridized carbons (Fsp3) is 0.429. The molecule has 1 aliphatic rings. The molecule has 0 atom stereocenters. The lowest BCUT2D eigenvalue weighted by Crippen LogP contribution is -2.47. The van der Waals surface area contributed by atoms with Crippen LogP contribution in [0.1, 0.15) is 5.56 Å². The van der Waals surface area contributed by atoms with Crippen LogP contribution in [0, 0.1) is 0 Å². The molecule has 6 heteroatoms. The standard InChI is InChI=1S/C14H20N2O2S2/c1-3-20(17,18)16-10-8-15(9-11-16)12-13-4-6-14(19-2)7-5-13/h3-7H,1,8-12H2,2H3. The Balaban J connectivity index is 1.89. The van der Waals surface area contributed by atoms with E-state index in [-0.39, 0.29) is 0 Å². The lowest BCUT2D eigenvalue weighted by Gasteiger charge is -2.33. The summed E-state index contributed by atoms with van der Waals surface area (Å²) in [5.41, 5.74) is 1.27. The van der Waals surface area contributed by atoms with Gasteiger partial charge in [0, 0.05) is 43.0 Å². The number of hydrogen-bond donors (Lipinski definition) is 0. The van der Waals surface area contributed by atoms with Gasteiger partial charge < -0.3 is 0 Å². The molecular weight excluding hydrogens is 292 g/mol. The van der Waals surface area contributed by atoms with Gasteiger partial charge in [-0.2, -0.15) is 4.31 Å². The van der Waals surface area contributed by atoms with Crippen LogP contribution in [-0.2, 0) is 16.6 Å². The van der Waals surface area contributed by atoms with Gasteiger partial charge in [-0.1, -0.05) is 18.7 Å². The van der Waals surface area contributed by atoms with Gasteiger partial charge in [0.1, 0.15) is 0 Å². The van der Waals surface area contributed by atoms with E-state index in [0.29, 0.717) is 13.1 Å². The molecule has 1 heterocycles. The number of hydrogen-bond acceptors (Lipinski definition) is 4. The Morgan fingerprint density at radius 1 is 1.20 bits per heavy atom. The van der Waals surface area contributed by atoms with Crippen molar-refractivity contribution in [3.05, 3.63) is 41.8 Å². The van der Waals surface area contributed by atoms with Crippen molar-refractivity contribution in [2.75, 3.05) is 32.4 Å². The topological polar surface area (TPSA) is 40.6 Å². The van der Waals surface area contributed by atoms with Crippen LogP contribution in [-0.4, -0.2) is 50.1 Å². The van der Waals surface area contributed by atoms with Gasteiger partial charge in [0.2, 0.25) is 10.0 Å². The number of nitrogens with zero attached hydrogens (tertiary/aromatic N) is 2. The zero-order valence-electron chi connectivity index (χ0n) is 11.7. The number of thioether (sulfide) groups is 1. The van der Waals surface area contributed by atoms with Crippen molar-refractivity contribution in [3.63, 3.8) is 0 Å². The molecule has 0 aromatic heterocycles. The number of sulfonamides is 1. The molecule has 2 rings (SSSR count). The van der Waals surface area contributed by atoms with Crippen molar-refractivity contribution in [1.82, 2.24) is 9.21 Å². The van der Waals surface area contributed by atoms with Gasteiger partial charge in [-0.15, -0.1) is 11.8 Å². The van der Waals surface area contributed by atoms with E-state index in [1.54, 1.807) is 11.8 Å². The van der Waals surface area contributed by atoms with Crippen LogP contribution in [0.2, 0.25) is 0 Å². The third kappa shape index (κ3) is 3.85. The summed E-state index contributed by atoms with van der Waals surface area (Å²) < 4.78 is 24.8. The largest absolute Gasteiger partial charge is 0.296 e. The van der Waals surface area contributed by atoms with Gasteiger partial charge >= 0.3 is 0 Å². The molecule has 0 unspecified atom stereocenters. The highest BCUT2D eigenvalue weighted by Crippen LogP contribution is 2.17. The SMILES string of the molecule is C=CS(=O)(=O)N1CCN(Cc2ccc(SC)cc2)CC1. The summed E-state index contributed by atoms with van der Waals surface area (Å²) in [7, 11) is -3.26. The summed E-state index contributed by atoms with van der Waals surface area (Å²) in [6.45, 7) is 6.84. The Morgan fingerprint density at radius 3 is 2.30 bits per heavy atom. The van der Waals surface area contributed by atoms with E-state index in [1.165, 1.54) is 14.8 Å². The fourth-order valence-corrected chi connectivity index (χ4v) is 3.53. The van der Waals surface area contributed by atoms with E-state index in [1.807, 2.05) is 0 Å². The molecule has 1 aromatic rings. The third-order valence-corrected chi connectivity index (χ3v) is 5.72. The Hall–Kier alpha value is -0.820. The summed E-state index contributed by atoms with van der Waals surface area (Å²) in [4.78, 5) is 3.54. The molecule has 0 N–H and O–H groups in total. The molecule has 4 nitrogen and oxygen atoms in total. The first-order chi connectivity index (χ1) is 9.55. The second-order valence-corrected chi connectivity index (χ2v) is 7.49. The van der Waals surface area contributed by atoms with E-state index < -0.39 is 10.0 Å². The Kier molecular flexibility index (Phi) is 5.26. The summed E-state index contributed by atoms with van der Waals surface area (Å²) in [5, 5.41) is 1.03. The summed E-state index contributed by atoms with van der Waals surface area (Å²) in [5.74, 6) is 0. The number of benzene rings is 1. The maximum Gasteiger partial charge on any atom is 0.235 e. The minimum atomic E-state index is -3.26. The first kappa shape index (κ1) is 15.6. The molecular formula is C14H20N2O2S2. The average Bonchev–Trinajstić information content (AvgIpc) is 2.48. The second-order valence-electron chi connectivity index (χ2n) is 4.73. The monoisotopic (exact) mass is 312 g/mol. The first-order valence-electron chi connectivity index (χ1n) is 6.53. The molecule has 1 aliphatic heterocycles. The van der Waals surface area contributed by atoms with Crippen LogP contribution in [0.3, 0.4) is 0 Å². The van der Waals surface area contributed by atoms with Crippen molar-refractivity contribution in [2.24, 2.45) is 0 Å². The van der Waals surface area contributed by atoms with Crippen molar-refractivity contribution in [2.45, 2.75) is 11.4 Å². The van der Waals surface area contributed by atoms with Gasteiger partial charge in [0.05, 0.1) is 0 Å². The minimum Gasteiger partial charge on any atom is -0.296 e. The maximum atomic E-state index is 11.7. The van der Waals surface area contributed by atoms with Gasteiger partial charge in [0.25, 0.3) is 0 Å². The van der Waals surface area contributed by atoms with Crippen molar-refractivity contribution in [3.8, 4) is 0 Å². The normalized spacial score (nSPS) is 18.1. The molecule has 110 valence electrons. The molecule has 0 amide bonds. The van der Waals surface area contributed by atoms with Gasteiger partial charge in [-0.25, -0.2) is 8.42 Å². The lowest BCUT2D eigenvalue weighted by atomic mass is 10.2. The molecule has 0 aliphatic carbocycles. The van der Waals surface area contributed by atoms with Crippen LogP contribution in [0.5, 0.6) is 0 Å². The average molecular weight is 312 g/mol. The number of rotatable bonds is 5. The van der Waals surface area contributed by atoms with E-state index in [4.69, 9.17) is 0 Å². The predicted octanol–water partition coefficient (Wildman–Crippen LogP) is 2.00.